The minimum atomic E-state index is -0.671. The third-order valence-corrected chi connectivity index (χ3v) is 5.10. The van der Waals surface area contributed by atoms with Gasteiger partial charge in [-0.05, 0) is 55.3 Å². The van der Waals surface area contributed by atoms with Crippen LogP contribution in [0.4, 0.5) is 10.7 Å². The highest BCUT2D eigenvalue weighted by molar-refractivity contribution is 7.18. The van der Waals surface area contributed by atoms with E-state index in [1.165, 1.54) is 18.4 Å². The van der Waals surface area contributed by atoms with Crippen LogP contribution in [0.15, 0.2) is 47.1 Å². The zero-order valence-corrected chi connectivity index (χ0v) is 17.1. The monoisotopic (exact) mass is 432 g/mol. The summed E-state index contributed by atoms with van der Waals surface area (Å²) in [4.78, 5) is 36.5. The van der Waals surface area contributed by atoms with Crippen molar-refractivity contribution in [3.8, 4) is 0 Å². The molecule has 0 spiro atoms. The number of carbonyl (C=O) groups excluding carboxylic acids is 3. The van der Waals surface area contributed by atoms with Crippen LogP contribution >= 0.6 is 22.9 Å². The Labute approximate surface area is 175 Å². The quantitative estimate of drug-likeness (QED) is 0.552. The van der Waals surface area contributed by atoms with Crippen LogP contribution in [0.3, 0.4) is 0 Å². The normalized spacial score (nSPS) is 10.4. The summed E-state index contributed by atoms with van der Waals surface area (Å²) in [5.41, 5.74) is 2.27. The van der Waals surface area contributed by atoms with Gasteiger partial charge in [0.05, 0.1) is 22.0 Å². The molecule has 2 amide bonds. The lowest BCUT2D eigenvalue weighted by Crippen LogP contribution is -2.21. The number of hydrogen-bond donors (Lipinski definition) is 2. The van der Waals surface area contributed by atoms with E-state index in [1.807, 2.05) is 19.9 Å². The van der Waals surface area contributed by atoms with E-state index in [4.69, 9.17) is 20.8 Å². The summed E-state index contributed by atoms with van der Waals surface area (Å²) >= 11 is 7.18. The van der Waals surface area contributed by atoms with Crippen molar-refractivity contribution in [2.45, 2.75) is 13.8 Å². The third kappa shape index (κ3) is 5.24. The SMILES string of the molecule is Cc1cc(C)c(NC(=O)COC(=O)c2ccc(NC(=O)c3ccco3)s2)c(Cl)c1. The number of anilines is 2. The number of hydrogen-bond acceptors (Lipinski definition) is 6. The van der Waals surface area contributed by atoms with Gasteiger partial charge in [0.2, 0.25) is 0 Å². The van der Waals surface area contributed by atoms with Gasteiger partial charge in [0.1, 0.15) is 4.88 Å². The zero-order valence-electron chi connectivity index (χ0n) is 15.6. The van der Waals surface area contributed by atoms with Crippen molar-refractivity contribution in [1.29, 1.82) is 0 Å². The van der Waals surface area contributed by atoms with Gasteiger partial charge in [0, 0.05) is 0 Å². The average Bonchev–Trinajstić information content (AvgIpc) is 3.34. The number of esters is 1. The second-order valence-corrected chi connectivity index (χ2v) is 7.65. The number of amides is 2. The Morgan fingerprint density at radius 1 is 1.14 bits per heavy atom. The van der Waals surface area contributed by atoms with Crippen molar-refractivity contribution in [3.05, 3.63) is 69.4 Å². The van der Waals surface area contributed by atoms with Gasteiger partial charge in [-0.25, -0.2) is 4.79 Å². The van der Waals surface area contributed by atoms with Gasteiger partial charge in [-0.15, -0.1) is 11.3 Å². The Balaban J connectivity index is 1.54. The molecular weight excluding hydrogens is 416 g/mol. The minimum absolute atomic E-state index is 0.157. The Morgan fingerprint density at radius 2 is 1.93 bits per heavy atom. The lowest BCUT2D eigenvalue weighted by atomic mass is 10.1. The number of nitrogens with one attached hydrogen (secondary N) is 2. The maximum Gasteiger partial charge on any atom is 0.348 e. The maximum atomic E-state index is 12.2. The number of aryl methyl sites for hydroxylation is 2. The molecule has 0 aliphatic heterocycles. The van der Waals surface area contributed by atoms with Gasteiger partial charge in [-0.3, -0.25) is 9.59 Å². The maximum absolute atomic E-state index is 12.2. The van der Waals surface area contributed by atoms with E-state index in [-0.39, 0.29) is 10.6 Å². The molecule has 150 valence electrons. The van der Waals surface area contributed by atoms with E-state index >= 15 is 0 Å². The number of thiophene rings is 1. The van der Waals surface area contributed by atoms with Crippen LogP contribution in [0.2, 0.25) is 5.02 Å². The van der Waals surface area contributed by atoms with Crippen LogP contribution in [-0.2, 0) is 9.53 Å². The fourth-order valence-electron chi connectivity index (χ4n) is 2.55. The highest BCUT2D eigenvalue weighted by atomic mass is 35.5. The second-order valence-electron chi connectivity index (χ2n) is 6.16. The first-order chi connectivity index (χ1) is 13.8. The first-order valence-electron chi connectivity index (χ1n) is 8.52. The Morgan fingerprint density at radius 3 is 2.62 bits per heavy atom. The zero-order chi connectivity index (χ0) is 21.0. The topological polar surface area (TPSA) is 97.6 Å². The molecule has 0 fully saturated rings. The fourth-order valence-corrected chi connectivity index (χ4v) is 3.71. The van der Waals surface area contributed by atoms with Crippen molar-refractivity contribution in [1.82, 2.24) is 0 Å². The summed E-state index contributed by atoms with van der Waals surface area (Å²) in [6, 6.07) is 9.82. The molecule has 1 aromatic carbocycles. The van der Waals surface area contributed by atoms with E-state index < -0.39 is 24.4 Å². The van der Waals surface area contributed by atoms with Gasteiger partial charge in [-0.2, -0.15) is 0 Å². The van der Waals surface area contributed by atoms with Crippen molar-refractivity contribution >= 4 is 51.4 Å². The van der Waals surface area contributed by atoms with Crippen molar-refractivity contribution in [2.75, 3.05) is 17.2 Å². The molecule has 0 aliphatic rings. The van der Waals surface area contributed by atoms with Gasteiger partial charge < -0.3 is 19.8 Å². The summed E-state index contributed by atoms with van der Waals surface area (Å²) in [5.74, 6) is -1.45. The standard InChI is InChI=1S/C20H17ClN2O5S/c1-11-8-12(2)18(13(21)9-11)22-16(24)10-28-20(26)15-5-6-17(29-15)23-19(25)14-4-3-7-27-14/h3-9H,10H2,1-2H3,(H,22,24)(H,23,25). The lowest BCUT2D eigenvalue weighted by Gasteiger charge is -2.11. The molecule has 0 unspecified atom stereocenters. The van der Waals surface area contributed by atoms with Crippen LogP contribution in [0, 0.1) is 13.8 Å². The Hall–Kier alpha value is -3.10. The molecule has 0 atom stereocenters. The van der Waals surface area contributed by atoms with Crippen LogP contribution < -0.4 is 10.6 Å². The molecule has 0 saturated carbocycles. The first kappa shape index (κ1) is 20.6. The van der Waals surface area contributed by atoms with Crippen LogP contribution in [-0.4, -0.2) is 24.4 Å². The highest BCUT2D eigenvalue weighted by Crippen LogP contribution is 2.27. The molecule has 3 aromatic rings. The summed E-state index contributed by atoms with van der Waals surface area (Å²) in [6.07, 6.45) is 1.39. The summed E-state index contributed by atoms with van der Waals surface area (Å²) in [5, 5.41) is 6.13. The van der Waals surface area contributed by atoms with E-state index in [2.05, 4.69) is 10.6 Å². The van der Waals surface area contributed by atoms with Crippen molar-refractivity contribution in [2.24, 2.45) is 0 Å². The predicted octanol–water partition coefficient (Wildman–Crippen LogP) is 4.66. The van der Waals surface area contributed by atoms with E-state index in [9.17, 15) is 14.4 Å². The molecule has 29 heavy (non-hydrogen) atoms. The molecule has 0 aliphatic carbocycles. The fraction of sp³-hybridized carbons (Fsp3) is 0.150. The number of benzene rings is 1. The summed E-state index contributed by atoms with van der Waals surface area (Å²) in [6.45, 7) is 3.26. The number of rotatable bonds is 6. The molecule has 9 heteroatoms. The summed E-state index contributed by atoms with van der Waals surface area (Å²) < 4.78 is 10.0. The second kappa shape index (κ2) is 8.93. The van der Waals surface area contributed by atoms with Crippen LogP contribution in [0.5, 0.6) is 0 Å². The van der Waals surface area contributed by atoms with Crippen molar-refractivity contribution < 1.29 is 23.5 Å². The molecule has 2 heterocycles. The predicted molar refractivity (Wildman–Crippen MR) is 111 cm³/mol. The number of carbonyl (C=O) groups is 3. The molecule has 2 aromatic heterocycles. The molecule has 2 N–H and O–H groups in total. The van der Waals surface area contributed by atoms with Gasteiger partial charge in [-0.1, -0.05) is 17.7 Å². The van der Waals surface area contributed by atoms with Gasteiger partial charge >= 0.3 is 5.97 Å². The van der Waals surface area contributed by atoms with Gasteiger partial charge in [0.15, 0.2) is 12.4 Å². The van der Waals surface area contributed by atoms with E-state index in [0.29, 0.717) is 15.7 Å². The lowest BCUT2D eigenvalue weighted by molar-refractivity contribution is -0.119. The smallest absolute Gasteiger partial charge is 0.348 e. The minimum Gasteiger partial charge on any atom is -0.459 e. The van der Waals surface area contributed by atoms with E-state index in [0.717, 1.165) is 22.5 Å². The third-order valence-electron chi connectivity index (χ3n) is 3.82. The average molecular weight is 433 g/mol. The Bertz CT molecular complexity index is 1040. The molecule has 0 saturated heterocycles. The molecule has 0 radical (unpaired) electrons. The number of furan rings is 1. The molecule has 3 rings (SSSR count). The number of halogens is 1. The number of ether oxygens (including phenoxy) is 1. The largest absolute Gasteiger partial charge is 0.459 e. The first-order valence-corrected chi connectivity index (χ1v) is 9.71. The molecule has 7 nitrogen and oxygen atoms in total. The van der Waals surface area contributed by atoms with Gasteiger partial charge in [0.25, 0.3) is 11.8 Å². The molecular formula is C20H17ClN2O5S. The van der Waals surface area contributed by atoms with E-state index in [1.54, 1.807) is 18.2 Å². The van der Waals surface area contributed by atoms with Crippen molar-refractivity contribution in [3.63, 3.8) is 0 Å². The summed E-state index contributed by atoms with van der Waals surface area (Å²) in [7, 11) is 0. The highest BCUT2D eigenvalue weighted by Gasteiger charge is 2.16. The Kier molecular flexibility index (Phi) is 6.36. The van der Waals surface area contributed by atoms with Crippen LogP contribution in [0.25, 0.3) is 0 Å². The van der Waals surface area contributed by atoms with Crippen LogP contribution in [0.1, 0.15) is 31.4 Å². The molecule has 0 bridgehead atoms.